The summed E-state index contributed by atoms with van der Waals surface area (Å²) in [5.41, 5.74) is 0. The number of aromatic nitrogens is 2. The molecule has 1 fully saturated rings. The Hall–Kier alpha value is -1.32. The van der Waals surface area contributed by atoms with E-state index in [1.165, 1.54) is 6.42 Å². The predicted molar refractivity (Wildman–Crippen MR) is 71.4 cm³/mol. The topological polar surface area (TPSA) is 41.0 Å². The minimum atomic E-state index is 0.747. The van der Waals surface area contributed by atoms with Crippen LogP contribution in [-0.2, 0) is 0 Å². The number of hydrogen-bond acceptors (Lipinski definition) is 4. The Labute approximate surface area is 103 Å². The number of anilines is 2. The molecule has 0 amide bonds. The molecule has 1 aliphatic heterocycles. The second-order valence-corrected chi connectivity index (χ2v) is 5.14. The molecule has 4 heteroatoms. The second-order valence-electron chi connectivity index (χ2n) is 5.14. The highest BCUT2D eigenvalue weighted by Gasteiger charge is 2.22. The van der Waals surface area contributed by atoms with E-state index >= 15 is 0 Å². The fourth-order valence-corrected chi connectivity index (χ4v) is 2.65. The average molecular weight is 234 g/mol. The molecule has 2 heterocycles. The fourth-order valence-electron chi connectivity index (χ4n) is 2.65. The van der Waals surface area contributed by atoms with Crippen LogP contribution in [0.25, 0.3) is 0 Å². The SMILES string of the molecule is CCNc1cc(N2CC(C)CC(C)C2)ncn1. The van der Waals surface area contributed by atoms with E-state index in [4.69, 9.17) is 0 Å². The van der Waals surface area contributed by atoms with Crippen LogP contribution in [0.15, 0.2) is 12.4 Å². The molecule has 2 rings (SSSR count). The maximum atomic E-state index is 4.39. The Balaban J connectivity index is 2.12. The third-order valence-electron chi connectivity index (χ3n) is 3.20. The van der Waals surface area contributed by atoms with E-state index in [-0.39, 0.29) is 0 Å². The van der Waals surface area contributed by atoms with Crippen molar-refractivity contribution in [2.45, 2.75) is 27.2 Å². The van der Waals surface area contributed by atoms with E-state index < -0.39 is 0 Å². The molecular formula is C13H22N4. The van der Waals surface area contributed by atoms with Gasteiger partial charge in [0, 0.05) is 25.7 Å². The Kier molecular flexibility index (Phi) is 3.82. The Morgan fingerprint density at radius 1 is 1.29 bits per heavy atom. The minimum Gasteiger partial charge on any atom is -0.370 e. The molecule has 0 aromatic carbocycles. The monoisotopic (exact) mass is 234 g/mol. The molecule has 4 nitrogen and oxygen atoms in total. The van der Waals surface area contributed by atoms with Gasteiger partial charge >= 0.3 is 0 Å². The molecule has 17 heavy (non-hydrogen) atoms. The van der Waals surface area contributed by atoms with Gasteiger partial charge in [0.2, 0.25) is 0 Å². The highest BCUT2D eigenvalue weighted by atomic mass is 15.2. The van der Waals surface area contributed by atoms with Gasteiger partial charge in [0.1, 0.15) is 18.0 Å². The first-order valence-corrected chi connectivity index (χ1v) is 6.50. The van der Waals surface area contributed by atoms with E-state index in [9.17, 15) is 0 Å². The Morgan fingerprint density at radius 3 is 2.65 bits per heavy atom. The van der Waals surface area contributed by atoms with Crippen molar-refractivity contribution >= 4 is 11.6 Å². The molecule has 1 aliphatic rings. The third-order valence-corrected chi connectivity index (χ3v) is 3.20. The van der Waals surface area contributed by atoms with E-state index in [0.717, 1.165) is 43.1 Å². The summed E-state index contributed by atoms with van der Waals surface area (Å²) < 4.78 is 0. The molecule has 2 unspecified atom stereocenters. The molecular weight excluding hydrogens is 212 g/mol. The molecule has 1 saturated heterocycles. The van der Waals surface area contributed by atoms with Crippen LogP contribution in [0, 0.1) is 11.8 Å². The van der Waals surface area contributed by atoms with Crippen molar-refractivity contribution in [3.8, 4) is 0 Å². The van der Waals surface area contributed by atoms with Crippen LogP contribution in [0.3, 0.4) is 0 Å². The molecule has 0 radical (unpaired) electrons. The van der Waals surface area contributed by atoms with Gasteiger partial charge in [-0.1, -0.05) is 13.8 Å². The smallest absolute Gasteiger partial charge is 0.134 e. The van der Waals surface area contributed by atoms with Crippen molar-refractivity contribution in [1.29, 1.82) is 0 Å². The fraction of sp³-hybridized carbons (Fsp3) is 0.692. The van der Waals surface area contributed by atoms with Gasteiger partial charge in [0.05, 0.1) is 0 Å². The molecule has 1 aromatic heterocycles. The van der Waals surface area contributed by atoms with Gasteiger partial charge in [-0.25, -0.2) is 9.97 Å². The summed E-state index contributed by atoms with van der Waals surface area (Å²) in [6, 6.07) is 2.05. The minimum absolute atomic E-state index is 0.747. The van der Waals surface area contributed by atoms with Gasteiger partial charge in [-0.2, -0.15) is 0 Å². The van der Waals surface area contributed by atoms with Crippen LogP contribution in [0.4, 0.5) is 11.6 Å². The lowest BCUT2D eigenvalue weighted by Gasteiger charge is -2.35. The van der Waals surface area contributed by atoms with Crippen molar-refractivity contribution in [3.63, 3.8) is 0 Å². The van der Waals surface area contributed by atoms with Crippen LogP contribution >= 0.6 is 0 Å². The first-order valence-electron chi connectivity index (χ1n) is 6.50. The Bertz CT molecular complexity index is 356. The van der Waals surface area contributed by atoms with E-state index in [0.29, 0.717) is 0 Å². The molecule has 0 bridgehead atoms. The Morgan fingerprint density at radius 2 is 2.00 bits per heavy atom. The zero-order valence-electron chi connectivity index (χ0n) is 11.0. The zero-order chi connectivity index (χ0) is 12.3. The van der Waals surface area contributed by atoms with Crippen LogP contribution in [0.1, 0.15) is 27.2 Å². The van der Waals surface area contributed by atoms with E-state index in [1.54, 1.807) is 6.33 Å². The van der Waals surface area contributed by atoms with Crippen molar-refractivity contribution in [3.05, 3.63) is 12.4 Å². The predicted octanol–water partition coefficient (Wildman–Crippen LogP) is 2.39. The molecule has 0 aliphatic carbocycles. The quantitative estimate of drug-likeness (QED) is 0.872. The lowest BCUT2D eigenvalue weighted by atomic mass is 9.92. The number of rotatable bonds is 3. The highest BCUT2D eigenvalue weighted by molar-refractivity contribution is 5.48. The lowest BCUT2D eigenvalue weighted by Crippen LogP contribution is -2.39. The maximum absolute atomic E-state index is 4.39. The summed E-state index contributed by atoms with van der Waals surface area (Å²) in [5.74, 6) is 3.46. The zero-order valence-corrected chi connectivity index (χ0v) is 11.0. The average Bonchev–Trinajstić information content (AvgIpc) is 2.28. The molecule has 2 atom stereocenters. The summed E-state index contributed by atoms with van der Waals surface area (Å²) >= 11 is 0. The van der Waals surface area contributed by atoms with Crippen LogP contribution in [-0.4, -0.2) is 29.6 Å². The summed E-state index contributed by atoms with van der Waals surface area (Å²) in [6.45, 7) is 9.81. The first-order chi connectivity index (χ1) is 8.19. The normalized spacial score (nSPS) is 24.8. The molecule has 94 valence electrons. The van der Waals surface area contributed by atoms with Gasteiger partial charge in [-0.15, -0.1) is 0 Å². The van der Waals surface area contributed by atoms with Crippen molar-refractivity contribution in [1.82, 2.24) is 9.97 Å². The van der Waals surface area contributed by atoms with Crippen LogP contribution in [0.2, 0.25) is 0 Å². The van der Waals surface area contributed by atoms with Crippen LogP contribution < -0.4 is 10.2 Å². The highest BCUT2D eigenvalue weighted by Crippen LogP contribution is 2.25. The lowest BCUT2D eigenvalue weighted by molar-refractivity contribution is 0.355. The third kappa shape index (κ3) is 3.08. The van der Waals surface area contributed by atoms with Crippen molar-refractivity contribution in [2.24, 2.45) is 11.8 Å². The second kappa shape index (κ2) is 5.34. The van der Waals surface area contributed by atoms with E-state index in [2.05, 4.69) is 41.0 Å². The van der Waals surface area contributed by atoms with Gasteiger partial charge in [-0.3, -0.25) is 0 Å². The number of nitrogens with one attached hydrogen (secondary N) is 1. The molecule has 1 aromatic rings. The molecule has 0 saturated carbocycles. The largest absolute Gasteiger partial charge is 0.370 e. The van der Waals surface area contributed by atoms with Crippen molar-refractivity contribution < 1.29 is 0 Å². The van der Waals surface area contributed by atoms with Crippen molar-refractivity contribution in [2.75, 3.05) is 29.9 Å². The molecule has 0 spiro atoms. The molecule has 1 N–H and O–H groups in total. The summed E-state index contributed by atoms with van der Waals surface area (Å²) in [6.07, 6.45) is 2.97. The first kappa shape index (κ1) is 12.1. The number of piperidine rings is 1. The van der Waals surface area contributed by atoms with Crippen LogP contribution in [0.5, 0.6) is 0 Å². The summed E-state index contributed by atoms with van der Waals surface area (Å²) in [4.78, 5) is 11.0. The van der Waals surface area contributed by atoms with E-state index in [1.807, 2.05) is 6.07 Å². The van der Waals surface area contributed by atoms with Gasteiger partial charge in [-0.05, 0) is 25.2 Å². The maximum Gasteiger partial charge on any atom is 0.134 e. The van der Waals surface area contributed by atoms with Gasteiger partial charge in [0.25, 0.3) is 0 Å². The number of nitrogens with zero attached hydrogens (tertiary/aromatic N) is 3. The summed E-state index contributed by atoms with van der Waals surface area (Å²) in [5, 5.41) is 3.23. The van der Waals surface area contributed by atoms with Gasteiger partial charge < -0.3 is 10.2 Å². The standard InChI is InChI=1S/C13H22N4/c1-4-14-12-6-13(16-9-15-12)17-7-10(2)5-11(3)8-17/h6,9-11H,4-5,7-8H2,1-3H3,(H,14,15,16). The van der Waals surface area contributed by atoms with Gasteiger partial charge in [0.15, 0.2) is 0 Å². The number of hydrogen-bond donors (Lipinski definition) is 1. The summed E-state index contributed by atoms with van der Waals surface area (Å²) in [7, 11) is 0.